The van der Waals surface area contributed by atoms with Gasteiger partial charge in [-0.1, -0.05) is 20.8 Å². The Bertz CT molecular complexity index is 607. The largest absolute Gasteiger partial charge is 0.396 e. The standard InChI is InChI=1S/C7H15N2O2P.C7H18N2O.C4H12N2.C3H6O.Cl3OP/c1-7-5-8-12(10)9(6-7)3-2-4-11-12;1-7(5-8)6-9-3-2-4-10;1-4(2-5)3-6;1-2-4-3-1;1-5(2,3)4/h7H,2-6H2,1H3,(H,8,10);7,9-10H,2-6,8H2,1H3;4H,2-3,5-6H2,1H3;1-3H2;. The van der Waals surface area contributed by atoms with Crippen molar-refractivity contribution in [3.63, 3.8) is 0 Å². The maximum Gasteiger partial charge on any atom is 0.343 e. The summed E-state index contributed by atoms with van der Waals surface area (Å²) in [4.78, 5) is 0. The normalized spacial score (nSPS) is 23.7. The van der Waals surface area contributed by atoms with E-state index in [1.807, 2.05) is 11.6 Å². The van der Waals surface area contributed by atoms with E-state index < -0.39 is 12.9 Å². The zero-order valence-corrected chi connectivity index (χ0v) is 26.7. The number of aliphatic hydroxyl groups excluding tert-OH is 1. The van der Waals surface area contributed by atoms with Crippen molar-refractivity contribution in [2.75, 3.05) is 78.8 Å². The summed E-state index contributed by atoms with van der Waals surface area (Å²) in [6.45, 7) is 15.8. The first kappa shape index (κ1) is 40.1. The second-order valence-corrected chi connectivity index (χ2v) is 18.0. The maximum absolute atomic E-state index is 12.0. The van der Waals surface area contributed by atoms with Crippen LogP contribution < -0.4 is 27.6 Å². The molecule has 0 aliphatic carbocycles. The van der Waals surface area contributed by atoms with Gasteiger partial charge in [0.15, 0.2) is 0 Å². The van der Waals surface area contributed by atoms with E-state index in [0.29, 0.717) is 37.5 Å². The Morgan fingerprint density at radius 2 is 1.62 bits per heavy atom. The van der Waals surface area contributed by atoms with Crippen LogP contribution >= 0.6 is 46.6 Å². The lowest BCUT2D eigenvalue weighted by Gasteiger charge is -2.40. The summed E-state index contributed by atoms with van der Waals surface area (Å²) in [6, 6.07) is 0. The van der Waals surface area contributed by atoms with E-state index >= 15 is 0 Å². The van der Waals surface area contributed by atoms with Gasteiger partial charge in [-0.3, -0.25) is 9.13 Å². The lowest BCUT2D eigenvalue weighted by Crippen LogP contribution is -2.44. The Balaban J connectivity index is 0. The first-order valence-electron chi connectivity index (χ1n) is 12.8. The highest BCUT2D eigenvalue weighted by Gasteiger charge is 2.38. The van der Waals surface area contributed by atoms with Crippen molar-refractivity contribution in [3.8, 4) is 0 Å². The van der Waals surface area contributed by atoms with Crippen LogP contribution in [0, 0.1) is 17.8 Å². The summed E-state index contributed by atoms with van der Waals surface area (Å²) in [7, 11) is -2.57. The summed E-state index contributed by atoms with van der Waals surface area (Å²) in [6.07, 6.45) is 3.11. The number of hydrogen-bond acceptors (Lipinski definition) is 9. The van der Waals surface area contributed by atoms with Crippen molar-refractivity contribution in [3.05, 3.63) is 0 Å². The molecule has 37 heavy (non-hydrogen) atoms. The number of rotatable bonds is 8. The molecule has 11 nitrogen and oxygen atoms in total. The summed E-state index contributed by atoms with van der Waals surface area (Å²) in [5.41, 5.74) is 15.8. The van der Waals surface area contributed by atoms with Crippen LogP contribution in [0.3, 0.4) is 0 Å². The topological polar surface area (TPSA) is 178 Å². The molecule has 3 atom stereocenters. The van der Waals surface area contributed by atoms with Crippen molar-refractivity contribution in [2.45, 2.75) is 40.0 Å². The van der Waals surface area contributed by atoms with Crippen LogP contribution in [-0.2, 0) is 18.4 Å². The van der Waals surface area contributed by atoms with E-state index in [1.54, 1.807) is 0 Å². The molecule has 3 rings (SSSR count). The van der Waals surface area contributed by atoms with E-state index in [9.17, 15) is 9.13 Å². The molecule has 226 valence electrons. The van der Waals surface area contributed by atoms with E-state index in [1.165, 1.54) is 6.42 Å². The molecule has 0 bridgehead atoms. The van der Waals surface area contributed by atoms with Crippen LogP contribution in [0.1, 0.15) is 40.0 Å². The predicted molar refractivity (Wildman–Crippen MR) is 158 cm³/mol. The average Bonchev–Trinajstić information content (AvgIpc) is 2.80. The predicted octanol–water partition coefficient (Wildman–Crippen LogP) is 3.37. The smallest absolute Gasteiger partial charge is 0.343 e. The highest BCUT2D eigenvalue weighted by Crippen LogP contribution is 2.61. The molecule has 16 heteroatoms. The van der Waals surface area contributed by atoms with Crippen LogP contribution in [0.25, 0.3) is 0 Å². The third-order valence-corrected chi connectivity index (χ3v) is 7.37. The van der Waals surface area contributed by atoms with Gasteiger partial charge in [-0.05, 0) is 103 Å². The Labute approximate surface area is 238 Å². The summed E-state index contributed by atoms with van der Waals surface area (Å²) < 4.78 is 33.4. The first-order chi connectivity index (χ1) is 17.3. The molecule has 0 spiro atoms. The molecule has 3 aliphatic heterocycles. The molecule has 0 aromatic rings. The van der Waals surface area contributed by atoms with Gasteiger partial charge in [0, 0.05) is 39.5 Å². The average molecular weight is 636 g/mol. The molecule has 0 saturated carbocycles. The number of hydrogen-bond donors (Lipinski definition) is 6. The molecule has 0 aromatic heterocycles. The Morgan fingerprint density at radius 3 is 2.03 bits per heavy atom. The summed E-state index contributed by atoms with van der Waals surface area (Å²) >= 11 is 13.8. The summed E-state index contributed by atoms with van der Waals surface area (Å²) in [5.74, 6) is 1.61. The van der Waals surface area contributed by atoms with Crippen molar-refractivity contribution in [1.29, 1.82) is 0 Å². The molecule has 3 heterocycles. The zero-order valence-electron chi connectivity index (χ0n) is 22.6. The van der Waals surface area contributed by atoms with Gasteiger partial charge in [-0.2, -0.15) is 0 Å². The SMILES string of the molecule is C1COC1.CC(CN)CN.CC(CN)CNCCCO.CC1CNP2(=O)OCCCN2C1.O=P(Cl)(Cl)Cl. The second kappa shape index (κ2) is 24.7. The van der Waals surface area contributed by atoms with Gasteiger partial charge in [-0.25, -0.2) is 9.76 Å². The third kappa shape index (κ3) is 26.9. The number of nitrogens with zero attached hydrogens (tertiary/aromatic N) is 1. The molecule has 3 aliphatic rings. The van der Waals surface area contributed by atoms with Crippen molar-refractivity contribution in [1.82, 2.24) is 15.1 Å². The van der Waals surface area contributed by atoms with Crippen LogP contribution in [-0.4, -0.2) is 88.6 Å². The first-order valence-corrected chi connectivity index (χ1v) is 18.8. The number of ether oxygens (including phenoxy) is 1. The van der Waals surface area contributed by atoms with Gasteiger partial charge in [0.25, 0.3) is 0 Å². The lowest BCUT2D eigenvalue weighted by molar-refractivity contribution is 0.0367. The fourth-order valence-corrected chi connectivity index (χ4v) is 4.84. The van der Waals surface area contributed by atoms with Crippen molar-refractivity contribution >= 4 is 46.6 Å². The number of aliphatic hydroxyl groups is 1. The number of nitrogens with two attached hydrogens (primary N) is 3. The molecule has 9 N–H and O–H groups in total. The van der Waals surface area contributed by atoms with Crippen LogP contribution in [0.4, 0.5) is 0 Å². The minimum atomic E-state index is -3.22. The Kier molecular flexibility index (Phi) is 26.8. The molecule has 0 aromatic carbocycles. The molecule has 3 saturated heterocycles. The quantitative estimate of drug-likeness (QED) is 0.170. The van der Waals surface area contributed by atoms with Crippen LogP contribution in [0.5, 0.6) is 0 Å². The molecule has 0 radical (unpaired) electrons. The van der Waals surface area contributed by atoms with E-state index in [0.717, 1.165) is 65.3 Å². The van der Waals surface area contributed by atoms with Crippen molar-refractivity contribution in [2.24, 2.45) is 35.0 Å². The van der Waals surface area contributed by atoms with Gasteiger partial charge in [0.1, 0.15) is 0 Å². The van der Waals surface area contributed by atoms with E-state index in [2.05, 4.69) is 58.0 Å². The highest BCUT2D eigenvalue weighted by atomic mass is 36.0. The zero-order chi connectivity index (χ0) is 28.7. The molecule has 0 amide bonds. The van der Waals surface area contributed by atoms with Gasteiger partial charge >= 0.3 is 12.9 Å². The number of halogens is 3. The van der Waals surface area contributed by atoms with Gasteiger partial charge < -0.3 is 36.9 Å². The minimum Gasteiger partial charge on any atom is -0.396 e. The fraction of sp³-hybridized carbons (Fsp3) is 1.00. The molecular formula is C21H51Cl3N6O5P2. The van der Waals surface area contributed by atoms with Crippen molar-refractivity contribution < 1.29 is 23.5 Å². The van der Waals surface area contributed by atoms with Gasteiger partial charge in [-0.15, -0.1) is 0 Å². The van der Waals surface area contributed by atoms with E-state index in [4.69, 9.17) is 31.6 Å². The van der Waals surface area contributed by atoms with Gasteiger partial charge in [0.2, 0.25) is 0 Å². The number of fused-ring (bicyclic) bond motifs is 1. The lowest BCUT2D eigenvalue weighted by atomic mass is 10.2. The second-order valence-electron chi connectivity index (χ2n) is 9.15. The molecule has 3 unspecified atom stereocenters. The van der Waals surface area contributed by atoms with Crippen LogP contribution in [0.2, 0.25) is 0 Å². The molecule has 3 fully saturated rings. The van der Waals surface area contributed by atoms with Crippen LogP contribution in [0.15, 0.2) is 0 Å². The van der Waals surface area contributed by atoms with E-state index in [-0.39, 0.29) is 6.61 Å². The monoisotopic (exact) mass is 634 g/mol. The highest BCUT2D eigenvalue weighted by molar-refractivity contribution is 8.24. The minimum absolute atomic E-state index is 0.268. The maximum atomic E-state index is 12.0. The summed E-state index contributed by atoms with van der Waals surface area (Å²) in [5, 5.41) is 11.4. The number of nitrogens with one attached hydrogen (secondary N) is 2. The Morgan fingerprint density at radius 1 is 1.11 bits per heavy atom. The third-order valence-electron chi connectivity index (χ3n) is 5.15. The molecular weight excluding hydrogens is 585 g/mol. The Hall–Kier alpha value is 0.970. The van der Waals surface area contributed by atoms with Gasteiger partial charge in [0.05, 0.1) is 6.61 Å². The fourth-order valence-electron chi connectivity index (χ4n) is 2.57.